The summed E-state index contributed by atoms with van der Waals surface area (Å²) in [7, 11) is 1.32. The third kappa shape index (κ3) is 5.34. The first-order chi connectivity index (χ1) is 8.83. The molecule has 4 nitrogen and oxygen atoms in total. The Balaban J connectivity index is 2.72. The van der Waals surface area contributed by atoms with Crippen LogP contribution in [0.25, 0.3) is 0 Å². The molecule has 1 N–H and O–H groups in total. The Kier molecular flexibility index (Phi) is 5.42. The quantitative estimate of drug-likeness (QED) is 0.862. The number of hydrogen-bond donors (Lipinski definition) is 1. The van der Waals surface area contributed by atoms with E-state index in [-0.39, 0.29) is 10.7 Å². The number of carbonyl (C=O) groups is 2. The highest BCUT2D eigenvalue weighted by Gasteiger charge is 2.16. The summed E-state index contributed by atoms with van der Waals surface area (Å²) in [5.74, 6) is -0.241. The van der Waals surface area contributed by atoms with Crippen molar-refractivity contribution in [3.63, 3.8) is 0 Å². The highest BCUT2D eigenvalue weighted by molar-refractivity contribution is 8.01. The van der Waals surface area contributed by atoms with E-state index in [2.05, 4.69) is 10.1 Å². The number of amides is 1. The van der Waals surface area contributed by atoms with E-state index < -0.39 is 5.97 Å². The smallest absolute Gasteiger partial charge is 0.339 e. The van der Waals surface area contributed by atoms with Gasteiger partial charge in [0.15, 0.2) is 0 Å². The average molecular weight is 281 g/mol. The first-order valence-corrected chi connectivity index (χ1v) is 6.93. The van der Waals surface area contributed by atoms with Crippen molar-refractivity contribution in [1.29, 1.82) is 0 Å². The number of ether oxygens (including phenoxy) is 1. The molecule has 0 saturated carbocycles. The molecule has 19 heavy (non-hydrogen) atoms. The normalized spacial score (nSPS) is 10.9. The lowest BCUT2D eigenvalue weighted by molar-refractivity contribution is -0.113. The minimum Gasteiger partial charge on any atom is -0.465 e. The number of methoxy groups -OCH3 is 1. The summed E-state index contributed by atoms with van der Waals surface area (Å²) >= 11 is 1.55. The molecule has 0 fully saturated rings. The van der Waals surface area contributed by atoms with Crippen molar-refractivity contribution in [2.24, 2.45) is 0 Å². The van der Waals surface area contributed by atoms with E-state index in [0.29, 0.717) is 17.0 Å². The van der Waals surface area contributed by atoms with Crippen LogP contribution in [0.5, 0.6) is 0 Å². The zero-order valence-corrected chi connectivity index (χ0v) is 12.5. The zero-order valence-electron chi connectivity index (χ0n) is 11.6. The number of anilines is 1. The van der Waals surface area contributed by atoms with Crippen molar-refractivity contribution < 1.29 is 14.3 Å². The third-order valence-corrected chi connectivity index (χ3v) is 3.52. The molecule has 0 aromatic heterocycles. The number of esters is 1. The Labute approximate surface area is 117 Å². The molecule has 1 amide bonds. The molecule has 0 atom stereocenters. The van der Waals surface area contributed by atoms with Crippen LogP contribution in [0.15, 0.2) is 24.3 Å². The van der Waals surface area contributed by atoms with E-state index in [1.807, 2.05) is 20.8 Å². The summed E-state index contributed by atoms with van der Waals surface area (Å²) in [6.07, 6.45) is 0. The molecule has 0 unspecified atom stereocenters. The summed E-state index contributed by atoms with van der Waals surface area (Å²) in [4.78, 5) is 23.4. The topological polar surface area (TPSA) is 55.4 Å². The van der Waals surface area contributed by atoms with E-state index in [0.717, 1.165) is 0 Å². The molecule has 0 radical (unpaired) electrons. The van der Waals surface area contributed by atoms with Gasteiger partial charge in [-0.1, -0.05) is 32.9 Å². The van der Waals surface area contributed by atoms with Gasteiger partial charge in [0.1, 0.15) is 0 Å². The Morgan fingerprint density at radius 3 is 2.47 bits per heavy atom. The fourth-order valence-corrected chi connectivity index (χ4v) is 1.98. The van der Waals surface area contributed by atoms with Crippen molar-refractivity contribution in [3.8, 4) is 0 Å². The van der Waals surface area contributed by atoms with Gasteiger partial charge < -0.3 is 10.1 Å². The second-order valence-corrected chi connectivity index (χ2v) is 6.79. The first-order valence-electron chi connectivity index (χ1n) is 5.94. The van der Waals surface area contributed by atoms with Gasteiger partial charge >= 0.3 is 5.97 Å². The minimum atomic E-state index is -0.459. The van der Waals surface area contributed by atoms with Gasteiger partial charge in [-0.15, -0.1) is 11.8 Å². The summed E-state index contributed by atoms with van der Waals surface area (Å²) in [6, 6.07) is 6.80. The van der Waals surface area contributed by atoms with Gasteiger partial charge in [-0.3, -0.25) is 4.79 Å². The van der Waals surface area contributed by atoms with E-state index in [9.17, 15) is 9.59 Å². The Hall–Kier alpha value is -1.49. The van der Waals surface area contributed by atoms with Crippen molar-refractivity contribution in [2.75, 3.05) is 18.2 Å². The molecule has 0 aliphatic heterocycles. The van der Waals surface area contributed by atoms with Gasteiger partial charge in [0, 0.05) is 4.75 Å². The highest BCUT2D eigenvalue weighted by Crippen LogP contribution is 2.23. The van der Waals surface area contributed by atoms with E-state index in [1.165, 1.54) is 7.11 Å². The van der Waals surface area contributed by atoms with Crippen molar-refractivity contribution in [1.82, 2.24) is 0 Å². The van der Waals surface area contributed by atoms with Crippen LogP contribution in [0.2, 0.25) is 0 Å². The third-order valence-electron chi connectivity index (χ3n) is 2.24. The molecule has 1 aromatic rings. The SMILES string of the molecule is COC(=O)c1ccccc1NC(=O)CSC(C)(C)C. The van der Waals surface area contributed by atoms with Crippen LogP contribution in [0, 0.1) is 0 Å². The molecule has 0 heterocycles. The van der Waals surface area contributed by atoms with E-state index in [1.54, 1.807) is 36.0 Å². The van der Waals surface area contributed by atoms with Crippen molar-refractivity contribution in [2.45, 2.75) is 25.5 Å². The van der Waals surface area contributed by atoms with E-state index >= 15 is 0 Å². The molecule has 0 spiro atoms. The van der Waals surface area contributed by atoms with Gasteiger partial charge in [0.2, 0.25) is 5.91 Å². The van der Waals surface area contributed by atoms with Gasteiger partial charge in [-0.05, 0) is 12.1 Å². The Morgan fingerprint density at radius 1 is 1.26 bits per heavy atom. The van der Waals surface area contributed by atoms with Crippen LogP contribution in [-0.4, -0.2) is 29.5 Å². The van der Waals surface area contributed by atoms with Crippen LogP contribution < -0.4 is 5.32 Å². The van der Waals surface area contributed by atoms with E-state index in [4.69, 9.17) is 0 Å². The first kappa shape index (κ1) is 15.6. The molecule has 5 heteroatoms. The van der Waals surface area contributed by atoms with Gasteiger partial charge in [-0.25, -0.2) is 4.79 Å². The molecule has 0 aliphatic carbocycles. The van der Waals surface area contributed by atoms with Crippen LogP contribution in [0.4, 0.5) is 5.69 Å². The number of thioether (sulfide) groups is 1. The highest BCUT2D eigenvalue weighted by atomic mass is 32.2. The molecule has 0 bridgehead atoms. The Bertz CT molecular complexity index is 466. The maximum absolute atomic E-state index is 11.8. The lowest BCUT2D eigenvalue weighted by Gasteiger charge is -2.17. The fraction of sp³-hybridized carbons (Fsp3) is 0.429. The molecule has 1 aromatic carbocycles. The van der Waals surface area contributed by atoms with Crippen LogP contribution >= 0.6 is 11.8 Å². The number of para-hydroxylation sites is 1. The molecule has 0 aliphatic rings. The minimum absolute atomic E-state index is 0.0270. The van der Waals surface area contributed by atoms with Crippen molar-refractivity contribution in [3.05, 3.63) is 29.8 Å². The maximum atomic E-state index is 11.8. The van der Waals surface area contributed by atoms with Gasteiger partial charge in [-0.2, -0.15) is 0 Å². The predicted octanol–water partition coefficient (Wildman–Crippen LogP) is 2.94. The predicted molar refractivity (Wildman–Crippen MR) is 78.6 cm³/mol. The fourth-order valence-electron chi connectivity index (χ4n) is 1.35. The van der Waals surface area contributed by atoms with Gasteiger partial charge in [0.25, 0.3) is 0 Å². The summed E-state index contributed by atoms with van der Waals surface area (Å²) in [5.41, 5.74) is 0.841. The second kappa shape index (κ2) is 6.61. The Morgan fingerprint density at radius 2 is 1.89 bits per heavy atom. The maximum Gasteiger partial charge on any atom is 0.339 e. The monoisotopic (exact) mass is 281 g/mol. The molecular weight excluding hydrogens is 262 g/mol. The summed E-state index contributed by atoms with van der Waals surface area (Å²) in [6.45, 7) is 6.15. The summed E-state index contributed by atoms with van der Waals surface area (Å²) in [5, 5.41) is 2.74. The van der Waals surface area contributed by atoms with Gasteiger partial charge in [0.05, 0.1) is 24.1 Å². The number of nitrogens with one attached hydrogen (secondary N) is 1. The van der Waals surface area contributed by atoms with Crippen molar-refractivity contribution >= 4 is 29.3 Å². The van der Waals surface area contributed by atoms with Crippen LogP contribution in [0.1, 0.15) is 31.1 Å². The molecular formula is C14H19NO3S. The number of carbonyl (C=O) groups excluding carboxylic acids is 2. The van der Waals surface area contributed by atoms with Crippen LogP contribution in [-0.2, 0) is 9.53 Å². The lowest BCUT2D eigenvalue weighted by Crippen LogP contribution is -2.20. The largest absolute Gasteiger partial charge is 0.465 e. The zero-order chi connectivity index (χ0) is 14.5. The number of hydrogen-bond acceptors (Lipinski definition) is 4. The standard InChI is InChI=1S/C14H19NO3S/c1-14(2,3)19-9-12(16)15-11-8-6-5-7-10(11)13(17)18-4/h5-8H,9H2,1-4H3,(H,15,16). The second-order valence-electron chi connectivity index (χ2n) is 4.99. The molecule has 104 valence electrons. The molecule has 1 rings (SSSR count). The lowest BCUT2D eigenvalue weighted by atomic mass is 10.2. The average Bonchev–Trinajstić information content (AvgIpc) is 2.35. The van der Waals surface area contributed by atoms with Crippen LogP contribution in [0.3, 0.4) is 0 Å². The summed E-state index contributed by atoms with van der Waals surface area (Å²) < 4.78 is 4.70. The number of rotatable bonds is 4. The number of benzene rings is 1. The molecule has 0 saturated heterocycles.